The lowest BCUT2D eigenvalue weighted by Gasteiger charge is -2.14. The highest BCUT2D eigenvalue weighted by molar-refractivity contribution is 5.67. The Bertz CT molecular complexity index is 883. The van der Waals surface area contributed by atoms with Crippen molar-refractivity contribution in [2.45, 2.75) is 33.2 Å². The van der Waals surface area contributed by atoms with Gasteiger partial charge in [-0.2, -0.15) is 4.98 Å². The van der Waals surface area contributed by atoms with E-state index in [2.05, 4.69) is 39.4 Å². The summed E-state index contributed by atoms with van der Waals surface area (Å²) in [5, 5.41) is 6.45. The second-order valence-corrected chi connectivity index (χ2v) is 6.25. The molecule has 2 heterocycles. The van der Waals surface area contributed by atoms with E-state index in [0.29, 0.717) is 23.0 Å². The highest BCUT2D eigenvalue weighted by atomic mass is 19.1. The number of anilines is 3. The zero-order valence-electron chi connectivity index (χ0n) is 15.1. The topological polar surface area (TPSA) is 62.7 Å². The lowest BCUT2D eigenvalue weighted by atomic mass is 10.2. The van der Waals surface area contributed by atoms with Crippen LogP contribution in [0.1, 0.15) is 25.8 Å². The van der Waals surface area contributed by atoms with E-state index in [1.807, 2.05) is 24.3 Å². The van der Waals surface area contributed by atoms with Crippen LogP contribution >= 0.6 is 0 Å². The van der Waals surface area contributed by atoms with Gasteiger partial charge in [-0.15, -0.1) is 0 Å². The molecule has 0 spiro atoms. The molecule has 26 heavy (non-hydrogen) atoms. The lowest BCUT2D eigenvalue weighted by molar-refractivity contribution is 0.619. The van der Waals surface area contributed by atoms with Crippen LogP contribution in [0, 0.1) is 12.7 Å². The van der Waals surface area contributed by atoms with Crippen LogP contribution in [-0.4, -0.2) is 21.0 Å². The van der Waals surface area contributed by atoms with Gasteiger partial charge in [0.25, 0.3) is 0 Å². The summed E-state index contributed by atoms with van der Waals surface area (Å²) in [5.41, 5.74) is 2.88. The Morgan fingerprint density at radius 2 is 2.00 bits per heavy atom. The van der Waals surface area contributed by atoms with Gasteiger partial charge in [-0.1, -0.05) is 13.0 Å². The molecule has 0 unspecified atom stereocenters. The van der Waals surface area contributed by atoms with E-state index in [-0.39, 0.29) is 11.9 Å². The van der Waals surface area contributed by atoms with Crippen LogP contribution in [0.25, 0.3) is 11.3 Å². The third kappa shape index (κ3) is 4.33. The maximum atomic E-state index is 13.8. The van der Waals surface area contributed by atoms with Crippen LogP contribution in [0.5, 0.6) is 0 Å². The van der Waals surface area contributed by atoms with E-state index in [1.54, 1.807) is 25.4 Å². The van der Waals surface area contributed by atoms with E-state index in [1.165, 1.54) is 6.07 Å². The minimum Gasteiger partial charge on any atom is -0.352 e. The zero-order valence-corrected chi connectivity index (χ0v) is 15.1. The first-order valence-electron chi connectivity index (χ1n) is 8.64. The monoisotopic (exact) mass is 351 g/mol. The molecule has 0 aliphatic heterocycles. The molecule has 3 aromatic rings. The summed E-state index contributed by atoms with van der Waals surface area (Å²) in [5.74, 6) is 0.859. The molecule has 0 aliphatic rings. The first kappa shape index (κ1) is 17.8. The first-order valence-corrected chi connectivity index (χ1v) is 8.64. The fourth-order valence-corrected chi connectivity index (χ4v) is 2.38. The molecular weight excluding hydrogens is 329 g/mol. The van der Waals surface area contributed by atoms with Crippen LogP contribution in [-0.2, 0) is 0 Å². The summed E-state index contributed by atoms with van der Waals surface area (Å²) < 4.78 is 13.8. The summed E-state index contributed by atoms with van der Waals surface area (Å²) in [6.45, 7) is 5.90. The number of nitrogens with zero attached hydrogens (tertiary/aromatic N) is 3. The predicted octanol–water partition coefficient (Wildman–Crippen LogP) is 4.94. The average molecular weight is 351 g/mol. The number of hydrogen-bond acceptors (Lipinski definition) is 5. The van der Waals surface area contributed by atoms with Crippen LogP contribution in [0.15, 0.2) is 48.8 Å². The number of hydrogen-bond donors (Lipinski definition) is 2. The normalized spacial score (nSPS) is 11.8. The summed E-state index contributed by atoms with van der Waals surface area (Å²) in [6, 6.07) is 10.9. The number of halogens is 1. The predicted molar refractivity (Wildman–Crippen MR) is 103 cm³/mol. The number of aryl methyl sites for hydroxylation is 1. The average Bonchev–Trinajstić information content (AvgIpc) is 2.65. The molecule has 6 heteroatoms. The van der Waals surface area contributed by atoms with E-state index < -0.39 is 0 Å². The van der Waals surface area contributed by atoms with Crippen molar-refractivity contribution in [3.8, 4) is 11.3 Å². The second kappa shape index (κ2) is 7.91. The Labute approximate surface area is 152 Å². The molecule has 0 bridgehead atoms. The molecule has 0 radical (unpaired) electrons. The Hall–Kier alpha value is -3.02. The minimum atomic E-state index is -0.255. The van der Waals surface area contributed by atoms with Crippen molar-refractivity contribution >= 4 is 17.5 Å². The second-order valence-electron chi connectivity index (χ2n) is 6.25. The molecule has 134 valence electrons. The molecule has 2 N–H and O–H groups in total. The first-order chi connectivity index (χ1) is 12.5. The van der Waals surface area contributed by atoms with Crippen molar-refractivity contribution < 1.29 is 4.39 Å². The molecule has 0 fully saturated rings. The highest BCUT2D eigenvalue weighted by Crippen LogP contribution is 2.24. The SMILES string of the molecule is CC[C@@H](C)Nc1nc(Nc2ccc(C)c(F)c2)cc(-c2cccnc2)n1. The van der Waals surface area contributed by atoms with Crippen LogP contribution in [0.3, 0.4) is 0 Å². The smallest absolute Gasteiger partial charge is 0.225 e. The van der Waals surface area contributed by atoms with Crippen LogP contribution in [0.4, 0.5) is 21.8 Å². The molecule has 1 aromatic carbocycles. The van der Waals surface area contributed by atoms with Gasteiger partial charge in [0, 0.05) is 35.8 Å². The van der Waals surface area contributed by atoms with E-state index in [9.17, 15) is 4.39 Å². The van der Waals surface area contributed by atoms with E-state index in [0.717, 1.165) is 17.7 Å². The van der Waals surface area contributed by atoms with Gasteiger partial charge in [-0.05, 0) is 50.1 Å². The van der Waals surface area contributed by atoms with Gasteiger partial charge >= 0.3 is 0 Å². The molecule has 0 saturated carbocycles. The molecule has 3 rings (SSSR count). The van der Waals surface area contributed by atoms with Crippen molar-refractivity contribution in [1.29, 1.82) is 0 Å². The van der Waals surface area contributed by atoms with Crippen molar-refractivity contribution in [1.82, 2.24) is 15.0 Å². The van der Waals surface area contributed by atoms with Gasteiger partial charge in [-0.3, -0.25) is 4.98 Å². The lowest BCUT2D eigenvalue weighted by Crippen LogP contribution is -2.16. The third-order valence-electron chi connectivity index (χ3n) is 4.12. The van der Waals surface area contributed by atoms with Crippen LogP contribution < -0.4 is 10.6 Å². The van der Waals surface area contributed by atoms with Gasteiger partial charge in [0.05, 0.1) is 5.69 Å². The summed E-state index contributed by atoms with van der Waals surface area (Å²) in [7, 11) is 0. The Kier molecular flexibility index (Phi) is 5.41. The Morgan fingerprint density at radius 1 is 1.15 bits per heavy atom. The number of pyridine rings is 1. The quantitative estimate of drug-likeness (QED) is 0.658. The van der Waals surface area contributed by atoms with E-state index >= 15 is 0 Å². The fourth-order valence-electron chi connectivity index (χ4n) is 2.38. The van der Waals surface area contributed by atoms with Crippen molar-refractivity contribution in [2.24, 2.45) is 0 Å². The molecule has 0 saturated heterocycles. The minimum absolute atomic E-state index is 0.240. The number of benzene rings is 1. The van der Waals surface area contributed by atoms with E-state index in [4.69, 9.17) is 0 Å². The van der Waals surface area contributed by atoms with Gasteiger partial charge in [0.2, 0.25) is 5.95 Å². The van der Waals surface area contributed by atoms with Crippen molar-refractivity contribution in [3.05, 3.63) is 60.2 Å². The molecule has 5 nitrogen and oxygen atoms in total. The molecule has 1 atom stereocenters. The molecular formula is C20H22FN5. The third-order valence-corrected chi connectivity index (χ3v) is 4.12. The number of aromatic nitrogens is 3. The van der Waals surface area contributed by atoms with Gasteiger partial charge in [0.15, 0.2) is 0 Å². The van der Waals surface area contributed by atoms with Gasteiger partial charge in [-0.25, -0.2) is 9.37 Å². The summed E-state index contributed by atoms with van der Waals surface area (Å²) in [4.78, 5) is 13.3. The number of rotatable bonds is 6. The Balaban J connectivity index is 1.97. The highest BCUT2D eigenvalue weighted by Gasteiger charge is 2.10. The molecule has 0 aliphatic carbocycles. The molecule has 0 amide bonds. The van der Waals surface area contributed by atoms with Crippen LogP contribution in [0.2, 0.25) is 0 Å². The summed E-state index contributed by atoms with van der Waals surface area (Å²) >= 11 is 0. The molecule has 2 aromatic heterocycles. The van der Waals surface area contributed by atoms with Gasteiger partial charge < -0.3 is 10.6 Å². The van der Waals surface area contributed by atoms with Crippen molar-refractivity contribution in [2.75, 3.05) is 10.6 Å². The number of nitrogens with one attached hydrogen (secondary N) is 2. The Morgan fingerprint density at radius 3 is 2.69 bits per heavy atom. The maximum absolute atomic E-state index is 13.8. The zero-order chi connectivity index (χ0) is 18.5. The van der Waals surface area contributed by atoms with Gasteiger partial charge in [0.1, 0.15) is 11.6 Å². The largest absolute Gasteiger partial charge is 0.352 e. The van der Waals surface area contributed by atoms with Crippen molar-refractivity contribution in [3.63, 3.8) is 0 Å². The fraction of sp³-hybridized carbons (Fsp3) is 0.250. The summed E-state index contributed by atoms with van der Waals surface area (Å²) in [6.07, 6.45) is 4.42. The maximum Gasteiger partial charge on any atom is 0.225 e. The standard InChI is InChI=1S/C20H22FN5/c1-4-14(3)23-20-25-18(15-6-5-9-22-12-15)11-19(26-20)24-16-8-7-13(2)17(21)10-16/h5-12,14H,4H2,1-3H3,(H2,23,24,25,26)/t14-/m1/s1.